The van der Waals surface area contributed by atoms with Crippen LogP contribution in [0.25, 0.3) is 6.08 Å². The van der Waals surface area contributed by atoms with Crippen LogP contribution in [0.1, 0.15) is 38.2 Å². The summed E-state index contributed by atoms with van der Waals surface area (Å²) in [4.78, 5) is 14.6. The molecule has 4 heteroatoms. The lowest BCUT2D eigenvalue weighted by atomic mass is 9.95. The highest BCUT2D eigenvalue weighted by molar-refractivity contribution is 5.95. The molecule has 0 amide bonds. The average Bonchev–Trinajstić information content (AvgIpc) is 2.99. The monoisotopic (exact) mass is 317 g/mol. The van der Waals surface area contributed by atoms with Crippen molar-refractivity contribution in [2.24, 2.45) is 5.92 Å². The van der Waals surface area contributed by atoms with E-state index in [1.807, 2.05) is 38.4 Å². The zero-order chi connectivity index (χ0) is 16.7. The first-order chi connectivity index (χ1) is 11.1. The molecule has 2 rings (SSSR count). The van der Waals surface area contributed by atoms with E-state index in [1.165, 1.54) is 12.8 Å². The van der Waals surface area contributed by atoms with Crippen LogP contribution < -0.4 is 9.47 Å². The normalized spacial score (nSPS) is 14.6. The maximum absolute atomic E-state index is 12.5. The van der Waals surface area contributed by atoms with Crippen molar-refractivity contribution >= 4 is 11.9 Å². The zero-order valence-electron chi connectivity index (χ0n) is 14.4. The molecule has 0 radical (unpaired) electrons. The number of nitrogens with zero attached hydrogens (tertiary/aromatic N) is 1. The molecule has 23 heavy (non-hydrogen) atoms. The Bertz CT molecular complexity index is 552. The third kappa shape index (κ3) is 5.39. The first-order valence-corrected chi connectivity index (χ1v) is 8.36. The smallest absolute Gasteiger partial charge is 0.231 e. The van der Waals surface area contributed by atoms with Crippen LogP contribution in [0.5, 0.6) is 11.5 Å². The van der Waals surface area contributed by atoms with E-state index in [2.05, 4.69) is 11.8 Å². The van der Waals surface area contributed by atoms with E-state index < -0.39 is 0 Å². The Morgan fingerprint density at radius 1 is 1.26 bits per heavy atom. The maximum Gasteiger partial charge on any atom is 0.231 e. The van der Waals surface area contributed by atoms with Crippen LogP contribution >= 0.6 is 0 Å². The highest BCUT2D eigenvalue weighted by atomic mass is 16.7. The van der Waals surface area contributed by atoms with Gasteiger partial charge in [0.1, 0.15) is 0 Å². The molecule has 0 saturated heterocycles. The topological polar surface area (TPSA) is 38.8 Å². The van der Waals surface area contributed by atoms with E-state index in [0.717, 1.165) is 36.4 Å². The van der Waals surface area contributed by atoms with Gasteiger partial charge in [-0.25, -0.2) is 0 Å². The van der Waals surface area contributed by atoms with Crippen LogP contribution in [0.15, 0.2) is 24.3 Å². The lowest BCUT2D eigenvalue weighted by Crippen LogP contribution is -2.27. The number of carbonyl (C=O) groups is 1. The molecule has 0 aliphatic carbocycles. The summed E-state index contributed by atoms with van der Waals surface area (Å²) in [7, 11) is 4.03. The summed E-state index contributed by atoms with van der Waals surface area (Å²) in [5, 5.41) is 0. The lowest BCUT2D eigenvalue weighted by molar-refractivity contribution is -0.118. The summed E-state index contributed by atoms with van der Waals surface area (Å²) in [5.74, 6) is 1.78. The Balaban J connectivity index is 1.98. The molecule has 1 atom stereocenters. The Morgan fingerprint density at radius 3 is 2.78 bits per heavy atom. The predicted octanol–water partition coefficient (Wildman–Crippen LogP) is 3.76. The third-order valence-corrected chi connectivity index (χ3v) is 3.98. The highest BCUT2D eigenvalue weighted by Crippen LogP contribution is 2.32. The van der Waals surface area contributed by atoms with E-state index in [4.69, 9.17) is 9.47 Å². The first-order valence-electron chi connectivity index (χ1n) is 8.36. The fraction of sp³-hybridized carbons (Fsp3) is 0.526. The van der Waals surface area contributed by atoms with Crippen molar-refractivity contribution in [3.63, 3.8) is 0 Å². The zero-order valence-corrected chi connectivity index (χ0v) is 14.4. The van der Waals surface area contributed by atoms with Crippen LogP contribution in [0.4, 0.5) is 0 Å². The molecule has 0 spiro atoms. The van der Waals surface area contributed by atoms with Gasteiger partial charge in [0, 0.05) is 12.5 Å². The van der Waals surface area contributed by atoms with Gasteiger partial charge in [0.05, 0.1) is 0 Å². The summed E-state index contributed by atoms with van der Waals surface area (Å²) in [6.07, 6.45) is 8.00. The van der Waals surface area contributed by atoms with Gasteiger partial charge in [0.2, 0.25) is 6.79 Å². The third-order valence-electron chi connectivity index (χ3n) is 3.98. The molecule has 1 aliphatic rings. The number of hydrogen-bond acceptors (Lipinski definition) is 4. The second-order valence-corrected chi connectivity index (χ2v) is 6.30. The molecule has 1 aromatic rings. The van der Waals surface area contributed by atoms with Crippen LogP contribution in [-0.2, 0) is 4.79 Å². The minimum Gasteiger partial charge on any atom is -0.454 e. The van der Waals surface area contributed by atoms with Crippen molar-refractivity contribution in [1.29, 1.82) is 0 Å². The molecule has 4 nitrogen and oxygen atoms in total. The van der Waals surface area contributed by atoms with Gasteiger partial charge in [-0.2, -0.15) is 0 Å². The van der Waals surface area contributed by atoms with Gasteiger partial charge in [-0.05, 0) is 44.3 Å². The second-order valence-electron chi connectivity index (χ2n) is 6.30. The number of ketones is 1. The molecule has 0 saturated carbocycles. The molecule has 1 heterocycles. The minimum atomic E-state index is 0.0711. The summed E-state index contributed by atoms with van der Waals surface area (Å²) >= 11 is 0. The number of rotatable bonds is 9. The number of unbranched alkanes of at least 4 members (excludes halogenated alkanes) is 2. The van der Waals surface area contributed by atoms with Gasteiger partial charge < -0.3 is 14.4 Å². The van der Waals surface area contributed by atoms with Crippen molar-refractivity contribution < 1.29 is 14.3 Å². The Hall–Kier alpha value is -1.81. The molecule has 1 aromatic carbocycles. The van der Waals surface area contributed by atoms with Crippen molar-refractivity contribution in [3.05, 3.63) is 29.8 Å². The molecule has 0 bridgehead atoms. The fourth-order valence-corrected chi connectivity index (χ4v) is 2.74. The Morgan fingerprint density at radius 2 is 2.04 bits per heavy atom. The standard InChI is InChI=1S/C19H27NO3/c1-4-5-6-7-16(13-20(2)3)17(21)10-8-15-9-11-18-19(12-15)23-14-22-18/h8-12,16H,4-7,13-14H2,1-3H3/b10-8+. The SMILES string of the molecule is CCCCCC(CN(C)C)C(=O)/C=C/c1ccc2c(c1)OCO2. The Labute approximate surface area is 139 Å². The van der Waals surface area contributed by atoms with E-state index in [0.29, 0.717) is 0 Å². The summed E-state index contributed by atoms with van der Waals surface area (Å²) in [5.41, 5.74) is 0.958. The second kappa shape index (κ2) is 8.73. The van der Waals surface area contributed by atoms with Gasteiger partial charge in [0.15, 0.2) is 17.3 Å². The number of benzene rings is 1. The lowest BCUT2D eigenvalue weighted by Gasteiger charge is -2.18. The number of ether oxygens (including phenoxy) is 2. The van der Waals surface area contributed by atoms with Crippen LogP contribution in [0.3, 0.4) is 0 Å². The van der Waals surface area contributed by atoms with Crippen molar-refractivity contribution in [2.45, 2.75) is 32.6 Å². The molecule has 0 fully saturated rings. The highest BCUT2D eigenvalue weighted by Gasteiger charge is 2.17. The molecule has 1 aliphatic heterocycles. The predicted molar refractivity (Wildman–Crippen MR) is 92.8 cm³/mol. The van der Waals surface area contributed by atoms with E-state index in [1.54, 1.807) is 6.08 Å². The molecule has 1 unspecified atom stereocenters. The minimum absolute atomic E-state index is 0.0711. The summed E-state index contributed by atoms with van der Waals surface area (Å²) < 4.78 is 10.7. The molecular formula is C19H27NO3. The van der Waals surface area contributed by atoms with E-state index in [9.17, 15) is 4.79 Å². The Kier molecular flexibility index (Phi) is 6.66. The fourth-order valence-electron chi connectivity index (χ4n) is 2.74. The van der Waals surface area contributed by atoms with E-state index in [-0.39, 0.29) is 18.5 Å². The van der Waals surface area contributed by atoms with Crippen LogP contribution in [-0.4, -0.2) is 38.1 Å². The van der Waals surface area contributed by atoms with Gasteiger partial charge in [-0.1, -0.05) is 38.3 Å². The number of fused-ring (bicyclic) bond motifs is 1. The molecule has 126 valence electrons. The molecule has 0 N–H and O–H groups in total. The van der Waals surface area contributed by atoms with Gasteiger partial charge in [0.25, 0.3) is 0 Å². The number of hydrogen-bond donors (Lipinski definition) is 0. The van der Waals surface area contributed by atoms with Crippen LogP contribution in [0.2, 0.25) is 0 Å². The maximum atomic E-state index is 12.5. The average molecular weight is 317 g/mol. The van der Waals surface area contributed by atoms with Gasteiger partial charge in [-0.3, -0.25) is 4.79 Å². The van der Waals surface area contributed by atoms with Gasteiger partial charge >= 0.3 is 0 Å². The number of carbonyl (C=O) groups excluding carboxylic acids is 1. The van der Waals surface area contributed by atoms with Gasteiger partial charge in [-0.15, -0.1) is 0 Å². The van der Waals surface area contributed by atoms with Crippen molar-refractivity contribution in [2.75, 3.05) is 27.4 Å². The number of allylic oxidation sites excluding steroid dienone is 1. The van der Waals surface area contributed by atoms with Crippen LogP contribution in [0, 0.1) is 5.92 Å². The quantitative estimate of drug-likeness (QED) is 0.513. The van der Waals surface area contributed by atoms with E-state index >= 15 is 0 Å². The van der Waals surface area contributed by atoms with Crippen molar-refractivity contribution in [1.82, 2.24) is 4.90 Å². The molecular weight excluding hydrogens is 290 g/mol. The van der Waals surface area contributed by atoms with Crippen molar-refractivity contribution in [3.8, 4) is 11.5 Å². The first kappa shape index (κ1) is 17.5. The molecule has 0 aromatic heterocycles. The largest absolute Gasteiger partial charge is 0.454 e. The summed E-state index contributed by atoms with van der Waals surface area (Å²) in [6, 6.07) is 5.73. The summed E-state index contributed by atoms with van der Waals surface area (Å²) in [6.45, 7) is 3.25.